The first-order valence-corrected chi connectivity index (χ1v) is 9.57. The minimum atomic E-state index is -4.74. The van der Waals surface area contributed by atoms with Gasteiger partial charge >= 0.3 is 12.1 Å². The maximum atomic E-state index is 13.1. The Morgan fingerprint density at radius 2 is 1.80 bits per heavy atom. The molecule has 0 spiro atoms. The number of alkyl halides is 3. The van der Waals surface area contributed by atoms with E-state index in [1.54, 1.807) is 0 Å². The van der Waals surface area contributed by atoms with Crippen LogP contribution in [0.15, 0.2) is 57.0 Å². The van der Waals surface area contributed by atoms with E-state index >= 15 is 0 Å². The molecule has 0 radical (unpaired) electrons. The zero-order valence-electron chi connectivity index (χ0n) is 15.8. The summed E-state index contributed by atoms with van der Waals surface area (Å²) in [4.78, 5) is 32.9. The second-order valence-corrected chi connectivity index (χ2v) is 7.17. The van der Waals surface area contributed by atoms with Crippen LogP contribution in [0.4, 0.5) is 13.2 Å². The molecule has 156 valence electrons. The predicted molar refractivity (Wildman–Crippen MR) is 102 cm³/mol. The maximum absolute atomic E-state index is 13.1. The average Bonchev–Trinajstić information content (AvgIpc) is 2.67. The monoisotopic (exact) mass is 436 g/mol. The number of carbonyl (C=O) groups is 1. The molecule has 0 aliphatic rings. The fourth-order valence-corrected chi connectivity index (χ4v) is 3.39. The molecule has 0 bridgehead atoms. The Kier molecular flexibility index (Phi) is 6.25. The van der Waals surface area contributed by atoms with Gasteiger partial charge in [-0.15, -0.1) is 0 Å². The Hall–Kier alpha value is -3.14. The van der Waals surface area contributed by atoms with Gasteiger partial charge in [0, 0.05) is 17.5 Å². The van der Waals surface area contributed by atoms with Crippen molar-refractivity contribution >= 4 is 17.7 Å². The first-order chi connectivity index (χ1) is 14.1. The van der Waals surface area contributed by atoms with Crippen LogP contribution in [0.25, 0.3) is 0 Å². The van der Waals surface area contributed by atoms with E-state index in [9.17, 15) is 22.8 Å². The standard InChI is InChI=1S/C20H15F3N2O4S/c1-11-7-12(2)25-19(24-11)30-10-13-8-16(26)17(9-28-13)29-18(27)14-5-3-4-6-15(14)20(21,22)23/h3-9H,10H2,1-2H3. The number of aryl methyl sites for hydroxylation is 2. The van der Waals surface area contributed by atoms with Crippen LogP contribution in [0.2, 0.25) is 0 Å². The van der Waals surface area contributed by atoms with Crippen molar-refractivity contribution in [3.05, 3.63) is 81.2 Å². The zero-order valence-corrected chi connectivity index (χ0v) is 16.6. The Bertz CT molecular complexity index is 1130. The van der Waals surface area contributed by atoms with E-state index in [1.807, 2.05) is 19.9 Å². The van der Waals surface area contributed by atoms with E-state index in [0.29, 0.717) is 5.16 Å². The molecule has 0 aliphatic heterocycles. The first-order valence-electron chi connectivity index (χ1n) is 8.58. The van der Waals surface area contributed by atoms with Crippen molar-refractivity contribution in [3.8, 4) is 5.75 Å². The summed E-state index contributed by atoms with van der Waals surface area (Å²) in [5.74, 6) is -1.30. The number of benzene rings is 1. The number of thioether (sulfide) groups is 1. The van der Waals surface area contributed by atoms with Crippen LogP contribution in [-0.4, -0.2) is 15.9 Å². The van der Waals surface area contributed by atoms with Crippen molar-refractivity contribution in [2.24, 2.45) is 0 Å². The summed E-state index contributed by atoms with van der Waals surface area (Å²) in [6.07, 6.45) is -3.84. The Balaban J connectivity index is 1.73. The third-order valence-corrected chi connectivity index (χ3v) is 4.68. The van der Waals surface area contributed by atoms with Crippen LogP contribution < -0.4 is 10.2 Å². The number of ether oxygens (including phenoxy) is 1. The van der Waals surface area contributed by atoms with Gasteiger partial charge in [0.1, 0.15) is 12.0 Å². The second kappa shape index (κ2) is 8.70. The van der Waals surface area contributed by atoms with Gasteiger partial charge in [-0.1, -0.05) is 23.9 Å². The SMILES string of the molecule is Cc1cc(C)nc(SCc2cc(=O)c(OC(=O)c3ccccc3C(F)(F)F)co2)n1. The van der Waals surface area contributed by atoms with Gasteiger partial charge in [-0.3, -0.25) is 4.79 Å². The number of aromatic nitrogens is 2. The summed E-state index contributed by atoms with van der Waals surface area (Å²) in [6.45, 7) is 3.66. The number of hydrogen-bond acceptors (Lipinski definition) is 7. The molecule has 2 heterocycles. The zero-order chi connectivity index (χ0) is 21.9. The highest BCUT2D eigenvalue weighted by atomic mass is 32.2. The van der Waals surface area contributed by atoms with Gasteiger partial charge in [0.05, 0.1) is 16.9 Å². The maximum Gasteiger partial charge on any atom is 0.417 e. The largest absolute Gasteiger partial charge is 0.464 e. The van der Waals surface area contributed by atoms with Gasteiger partial charge < -0.3 is 9.15 Å². The molecule has 2 aromatic heterocycles. The van der Waals surface area contributed by atoms with Gasteiger partial charge in [-0.2, -0.15) is 13.2 Å². The third kappa shape index (κ3) is 5.26. The molecule has 0 atom stereocenters. The lowest BCUT2D eigenvalue weighted by Gasteiger charge is -2.11. The van der Waals surface area contributed by atoms with Crippen LogP contribution in [0.5, 0.6) is 5.75 Å². The van der Waals surface area contributed by atoms with Gasteiger partial charge in [0.2, 0.25) is 11.2 Å². The van der Waals surface area contributed by atoms with E-state index in [-0.39, 0.29) is 11.5 Å². The summed E-state index contributed by atoms with van der Waals surface area (Å²) in [5.41, 5.74) is -0.950. The Morgan fingerprint density at radius 1 is 1.13 bits per heavy atom. The molecule has 0 N–H and O–H groups in total. The molecule has 3 aromatic rings. The summed E-state index contributed by atoms with van der Waals surface area (Å²) in [6, 6.07) is 7.08. The van der Waals surface area contributed by atoms with Crippen molar-refractivity contribution in [1.82, 2.24) is 9.97 Å². The van der Waals surface area contributed by atoms with Crippen molar-refractivity contribution < 1.29 is 27.1 Å². The fraction of sp³-hybridized carbons (Fsp3) is 0.200. The summed E-state index contributed by atoms with van der Waals surface area (Å²) < 4.78 is 49.3. The highest BCUT2D eigenvalue weighted by Gasteiger charge is 2.35. The van der Waals surface area contributed by atoms with E-state index in [0.717, 1.165) is 41.9 Å². The topological polar surface area (TPSA) is 82.3 Å². The normalized spacial score (nSPS) is 11.4. The van der Waals surface area contributed by atoms with Crippen LogP contribution in [-0.2, 0) is 11.9 Å². The number of esters is 1. The summed E-state index contributed by atoms with van der Waals surface area (Å²) in [5, 5.41) is 0.509. The smallest absolute Gasteiger partial charge is 0.417 e. The molecule has 3 rings (SSSR count). The average molecular weight is 436 g/mol. The molecule has 0 aliphatic carbocycles. The van der Waals surface area contributed by atoms with Crippen molar-refractivity contribution in [2.45, 2.75) is 30.9 Å². The van der Waals surface area contributed by atoms with E-state index < -0.39 is 34.5 Å². The molecule has 1 aromatic carbocycles. The Morgan fingerprint density at radius 3 is 2.43 bits per heavy atom. The van der Waals surface area contributed by atoms with Gasteiger partial charge in [0.25, 0.3) is 0 Å². The Labute approximate surface area is 173 Å². The van der Waals surface area contributed by atoms with E-state index in [2.05, 4.69) is 9.97 Å². The molecule has 0 saturated carbocycles. The molecule has 0 saturated heterocycles. The fourth-order valence-electron chi connectivity index (χ4n) is 2.55. The molecular formula is C20H15F3N2O4S. The molecule has 0 unspecified atom stereocenters. The molecule has 30 heavy (non-hydrogen) atoms. The minimum Gasteiger partial charge on any atom is -0.464 e. The molecular weight excluding hydrogens is 421 g/mol. The van der Waals surface area contributed by atoms with Gasteiger partial charge in [-0.05, 0) is 32.0 Å². The summed E-state index contributed by atoms with van der Waals surface area (Å²) in [7, 11) is 0. The lowest BCUT2D eigenvalue weighted by atomic mass is 10.1. The van der Waals surface area contributed by atoms with Crippen LogP contribution in [0, 0.1) is 13.8 Å². The minimum absolute atomic E-state index is 0.239. The molecule has 6 nitrogen and oxygen atoms in total. The number of halogens is 3. The third-order valence-electron chi connectivity index (χ3n) is 3.81. The number of hydrogen-bond donors (Lipinski definition) is 0. The number of carbonyl (C=O) groups excluding carboxylic acids is 1. The lowest BCUT2D eigenvalue weighted by Crippen LogP contribution is -2.19. The molecule has 0 fully saturated rings. The van der Waals surface area contributed by atoms with Crippen molar-refractivity contribution in [3.63, 3.8) is 0 Å². The van der Waals surface area contributed by atoms with Crippen LogP contribution in [0.1, 0.15) is 33.1 Å². The quantitative estimate of drug-likeness (QED) is 0.329. The van der Waals surface area contributed by atoms with E-state index in [4.69, 9.17) is 9.15 Å². The highest BCUT2D eigenvalue weighted by molar-refractivity contribution is 7.98. The first kappa shape index (κ1) is 21.6. The van der Waals surface area contributed by atoms with E-state index in [1.165, 1.54) is 17.8 Å². The van der Waals surface area contributed by atoms with Crippen molar-refractivity contribution in [1.29, 1.82) is 0 Å². The lowest BCUT2D eigenvalue weighted by molar-refractivity contribution is -0.138. The molecule has 10 heteroatoms. The molecule has 0 amide bonds. The summed E-state index contributed by atoms with van der Waals surface area (Å²) >= 11 is 1.24. The van der Waals surface area contributed by atoms with Crippen LogP contribution >= 0.6 is 11.8 Å². The predicted octanol–water partition coefficient (Wildman–Crippen LogP) is 4.58. The van der Waals surface area contributed by atoms with Gasteiger partial charge in [0.15, 0.2) is 5.16 Å². The van der Waals surface area contributed by atoms with Crippen molar-refractivity contribution in [2.75, 3.05) is 0 Å². The second-order valence-electron chi connectivity index (χ2n) is 6.23. The number of nitrogens with zero attached hydrogens (tertiary/aromatic N) is 2. The highest BCUT2D eigenvalue weighted by Crippen LogP contribution is 2.32. The van der Waals surface area contributed by atoms with Crippen LogP contribution in [0.3, 0.4) is 0 Å². The van der Waals surface area contributed by atoms with Gasteiger partial charge in [-0.25, -0.2) is 14.8 Å². The number of rotatable bonds is 5.